The van der Waals surface area contributed by atoms with E-state index in [-0.39, 0.29) is 23.6 Å². The van der Waals surface area contributed by atoms with E-state index < -0.39 is 21.2 Å². The Hall–Kier alpha value is -3.28. The SMILES string of the molecule is CONC(=O)c1ccc(C)cc1-c1ccc([C@@H](C)N(CC2CC2)c2nc(C(=O)NS(=O)(=O)C3CC3)c(C3CC3)s2)cc1. The number of benzene rings is 2. The highest BCUT2D eigenvalue weighted by Gasteiger charge is 2.40. The number of sulfonamides is 1. The number of rotatable bonds is 12. The van der Waals surface area contributed by atoms with Crippen molar-refractivity contribution >= 4 is 38.3 Å². The van der Waals surface area contributed by atoms with Crippen molar-refractivity contribution in [3.8, 4) is 11.1 Å². The molecule has 6 rings (SSSR count). The van der Waals surface area contributed by atoms with Gasteiger partial charge in [0.25, 0.3) is 11.8 Å². The zero-order valence-electron chi connectivity index (χ0n) is 24.1. The fourth-order valence-corrected chi connectivity index (χ4v) is 7.81. The van der Waals surface area contributed by atoms with Crippen LogP contribution in [0.3, 0.4) is 0 Å². The largest absolute Gasteiger partial charge is 0.341 e. The van der Waals surface area contributed by atoms with Crippen LogP contribution < -0.4 is 15.1 Å². The first-order valence-corrected chi connectivity index (χ1v) is 16.9. The highest BCUT2D eigenvalue weighted by molar-refractivity contribution is 7.91. The number of carbonyl (C=O) groups excluding carboxylic acids is 2. The average molecular weight is 609 g/mol. The van der Waals surface area contributed by atoms with Crippen LogP contribution in [-0.4, -0.2) is 44.1 Å². The highest BCUT2D eigenvalue weighted by atomic mass is 32.2. The van der Waals surface area contributed by atoms with E-state index in [0.717, 1.165) is 64.5 Å². The summed E-state index contributed by atoms with van der Waals surface area (Å²) in [4.78, 5) is 38.6. The Bertz CT molecular complexity index is 1610. The van der Waals surface area contributed by atoms with Gasteiger partial charge in [0.2, 0.25) is 10.0 Å². The number of carbonyl (C=O) groups is 2. The van der Waals surface area contributed by atoms with Gasteiger partial charge in [-0.25, -0.2) is 23.6 Å². The lowest BCUT2D eigenvalue weighted by atomic mass is 9.95. The molecule has 3 aromatic rings. The minimum atomic E-state index is -3.66. The number of hydrogen-bond acceptors (Lipinski definition) is 8. The molecule has 2 amide bonds. The van der Waals surface area contributed by atoms with Crippen molar-refractivity contribution in [3.63, 3.8) is 0 Å². The van der Waals surface area contributed by atoms with E-state index in [1.807, 2.05) is 31.2 Å². The summed E-state index contributed by atoms with van der Waals surface area (Å²) in [5, 5.41) is 0.287. The third-order valence-electron chi connectivity index (χ3n) is 8.19. The highest BCUT2D eigenvalue weighted by Crippen LogP contribution is 2.48. The van der Waals surface area contributed by atoms with Crippen LogP contribution in [0.4, 0.5) is 5.13 Å². The molecule has 1 heterocycles. The Morgan fingerprint density at radius 1 is 1.05 bits per heavy atom. The van der Waals surface area contributed by atoms with Gasteiger partial charge < -0.3 is 4.90 Å². The van der Waals surface area contributed by atoms with Crippen molar-refractivity contribution in [3.05, 3.63) is 69.7 Å². The third-order valence-corrected chi connectivity index (χ3v) is 11.3. The van der Waals surface area contributed by atoms with Crippen LogP contribution in [0, 0.1) is 12.8 Å². The molecule has 3 aliphatic rings. The molecule has 1 aromatic heterocycles. The topological polar surface area (TPSA) is 118 Å². The Balaban J connectivity index is 1.28. The molecular formula is C31H36N4O5S2. The van der Waals surface area contributed by atoms with Crippen molar-refractivity contribution in [2.75, 3.05) is 18.6 Å². The van der Waals surface area contributed by atoms with Gasteiger partial charge in [-0.1, -0.05) is 42.0 Å². The molecule has 3 saturated carbocycles. The first-order valence-electron chi connectivity index (χ1n) is 14.5. The molecule has 2 aromatic carbocycles. The van der Waals surface area contributed by atoms with E-state index in [9.17, 15) is 18.0 Å². The molecule has 1 atom stereocenters. The van der Waals surface area contributed by atoms with Gasteiger partial charge in [0, 0.05) is 17.0 Å². The first-order chi connectivity index (χ1) is 20.1. The standard InChI is InChI=1S/C31H36N4O5S2/c1-18-4-15-25(29(36)33-40-3)26(16-18)22-9-7-21(8-10-22)19(2)35(17-20-5-6-20)31-32-27(28(41-31)23-11-12-23)30(37)34-42(38,39)24-13-14-24/h4,7-10,15-16,19-20,23-24H,5-6,11-14,17H2,1-3H3,(H,33,36)(H,34,37)/t19-/m1/s1. The van der Waals surface area contributed by atoms with Gasteiger partial charge in [-0.15, -0.1) is 11.3 Å². The van der Waals surface area contributed by atoms with Crippen LogP contribution in [0.15, 0.2) is 42.5 Å². The number of aryl methyl sites for hydroxylation is 1. The smallest absolute Gasteiger partial charge is 0.284 e. The molecule has 42 heavy (non-hydrogen) atoms. The second-order valence-electron chi connectivity index (χ2n) is 11.7. The number of amides is 2. The van der Waals surface area contributed by atoms with Gasteiger partial charge in [-0.3, -0.25) is 14.4 Å². The summed E-state index contributed by atoms with van der Waals surface area (Å²) in [6.45, 7) is 4.95. The van der Waals surface area contributed by atoms with Crippen LogP contribution in [-0.2, 0) is 14.9 Å². The Labute approximate surface area is 250 Å². The average Bonchev–Trinajstić information content (AvgIpc) is 3.82. The second-order valence-corrected chi connectivity index (χ2v) is 14.7. The monoisotopic (exact) mass is 608 g/mol. The van der Waals surface area contributed by atoms with Gasteiger partial charge in [0.15, 0.2) is 5.13 Å². The number of nitrogens with one attached hydrogen (secondary N) is 2. The van der Waals surface area contributed by atoms with Crippen molar-refractivity contribution in [1.82, 2.24) is 15.2 Å². The number of anilines is 1. The number of thiazole rings is 1. The molecule has 0 radical (unpaired) electrons. The molecular weight excluding hydrogens is 572 g/mol. The Morgan fingerprint density at radius 2 is 1.76 bits per heavy atom. The molecule has 2 N–H and O–H groups in total. The van der Waals surface area contributed by atoms with Crippen LogP contribution in [0.2, 0.25) is 0 Å². The quantitative estimate of drug-likeness (QED) is 0.261. The van der Waals surface area contributed by atoms with Gasteiger partial charge in [0.1, 0.15) is 5.69 Å². The number of hydroxylamine groups is 1. The Morgan fingerprint density at radius 3 is 2.38 bits per heavy atom. The van der Waals surface area contributed by atoms with E-state index >= 15 is 0 Å². The lowest BCUT2D eigenvalue weighted by Crippen LogP contribution is -2.34. The van der Waals surface area contributed by atoms with Crippen molar-refractivity contribution in [2.24, 2.45) is 5.92 Å². The maximum absolute atomic E-state index is 13.2. The van der Waals surface area contributed by atoms with Crippen molar-refractivity contribution in [2.45, 2.75) is 69.6 Å². The lowest BCUT2D eigenvalue weighted by Gasteiger charge is -2.29. The molecule has 11 heteroatoms. The van der Waals surface area contributed by atoms with E-state index in [2.05, 4.69) is 34.2 Å². The molecule has 3 aliphatic carbocycles. The molecule has 9 nitrogen and oxygen atoms in total. The van der Waals surface area contributed by atoms with Crippen LogP contribution in [0.5, 0.6) is 0 Å². The maximum atomic E-state index is 13.2. The van der Waals surface area contributed by atoms with Gasteiger partial charge in [-0.05, 0) is 87.0 Å². The molecule has 0 bridgehead atoms. The first kappa shape index (κ1) is 28.8. The molecule has 0 spiro atoms. The molecule has 0 unspecified atom stereocenters. The van der Waals surface area contributed by atoms with Gasteiger partial charge in [-0.2, -0.15) is 0 Å². The summed E-state index contributed by atoms with van der Waals surface area (Å²) in [6, 6.07) is 13.9. The second kappa shape index (κ2) is 11.4. The lowest BCUT2D eigenvalue weighted by molar-refractivity contribution is 0.0538. The number of nitrogens with zero attached hydrogens (tertiary/aromatic N) is 2. The van der Waals surface area contributed by atoms with Gasteiger partial charge in [0.05, 0.1) is 18.4 Å². The minimum absolute atomic E-state index is 0.0299. The summed E-state index contributed by atoms with van der Waals surface area (Å²) < 4.78 is 27.3. The summed E-state index contributed by atoms with van der Waals surface area (Å²) in [5.74, 6) is -0.0831. The normalized spacial score (nSPS) is 17.5. The fraction of sp³-hybridized carbons (Fsp3) is 0.452. The van der Waals surface area contributed by atoms with Crippen LogP contribution >= 0.6 is 11.3 Å². The molecule has 3 fully saturated rings. The summed E-state index contributed by atoms with van der Waals surface area (Å²) in [6.07, 6.45) is 5.49. The maximum Gasteiger partial charge on any atom is 0.284 e. The van der Waals surface area contributed by atoms with Gasteiger partial charge >= 0.3 is 0 Å². The molecule has 0 saturated heterocycles. The summed E-state index contributed by atoms with van der Waals surface area (Å²) >= 11 is 1.52. The van der Waals surface area contributed by atoms with Crippen LogP contribution in [0.25, 0.3) is 11.1 Å². The van der Waals surface area contributed by atoms with E-state index in [4.69, 9.17) is 9.82 Å². The number of hydrogen-bond donors (Lipinski definition) is 2. The van der Waals surface area contributed by atoms with E-state index in [0.29, 0.717) is 24.3 Å². The zero-order valence-corrected chi connectivity index (χ0v) is 25.7. The van der Waals surface area contributed by atoms with E-state index in [1.165, 1.54) is 18.4 Å². The predicted octanol–water partition coefficient (Wildman–Crippen LogP) is 5.49. The minimum Gasteiger partial charge on any atom is -0.341 e. The summed E-state index contributed by atoms with van der Waals surface area (Å²) in [5.41, 5.74) is 7.08. The third kappa shape index (κ3) is 6.23. The van der Waals surface area contributed by atoms with Crippen LogP contribution in [0.1, 0.15) is 94.3 Å². The Kier molecular flexibility index (Phi) is 7.84. The molecule has 0 aliphatic heterocycles. The number of aromatic nitrogens is 1. The van der Waals surface area contributed by atoms with Crippen molar-refractivity contribution in [1.29, 1.82) is 0 Å². The van der Waals surface area contributed by atoms with E-state index in [1.54, 1.807) is 6.07 Å². The predicted molar refractivity (Wildman–Crippen MR) is 163 cm³/mol. The zero-order chi connectivity index (χ0) is 29.6. The fourth-order valence-electron chi connectivity index (χ4n) is 5.21. The molecule has 222 valence electrons. The van der Waals surface area contributed by atoms with Crippen molar-refractivity contribution < 1.29 is 22.8 Å². The summed E-state index contributed by atoms with van der Waals surface area (Å²) in [7, 11) is -2.24.